The number of carbonyl (C=O) groups is 2. The minimum Gasteiger partial charge on any atom is -0.508 e. The zero-order valence-electron chi connectivity index (χ0n) is 20.0. The van der Waals surface area contributed by atoms with E-state index >= 15 is 0 Å². The first-order valence-corrected chi connectivity index (χ1v) is 12.9. The number of phenols is 1. The van der Waals surface area contributed by atoms with Crippen LogP contribution in [0.2, 0.25) is 5.02 Å². The van der Waals surface area contributed by atoms with Crippen molar-refractivity contribution in [2.24, 2.45) is 0 Å². The quantitative estimate of drug-likeness (QED) is 0.553. The van der Waals surface area contributed by atoms with Crippen LogP contribution in [0.1, 0.15) is 29.3 Å². The number of H-pyrrole nitrogens is 1. The van der Waals surface area contributed by atoms with Crippen LogP contribution in [0.15, 0.2) is 42.5 Å². The fourth-order valence-corrected chi connectivity index (χ4v) is 6.06. The van der Waals surface area contributed by atoms with Gasteiger partial charge in [0, 0.05) is 54.2 Å². The van der Waals surface area contributed by atoms with Crippen molar-refractivity contribution in [2.45, 2.75) is 24.9 Å². The monoisotopic (exact) mass is 508 g/mol. The summed E-state index contributed by atoms with van der Waals surface area (Å²) < 4.78 is 5.42. The number of fused-ring (bicyclic) bond motifs is 4. The second-order valence-corrected chi connectivity index (χ2v) is 10.2. The number of hydrogen-bond donors (Lipinski definition) is 2. The molecule has 188 valence electrons. The number of aromatic hydroxyl groups is 1. The van der Waals surface area contributed by atoms with E-state index in [1.807, 2.05) is 24.3 Å². The molecule has 2 fully saturated rings. The summed E-state index contributed by atoms with van der Waals surface area (Å²) in [6.07, 6.45) is 1.24. The number of ether oxygens (including phenoxy) is 1. The Labute approximate surface area is 214 Å². The van der Waals surface area contributed by atoms with Crippen LogP contribution in [0.25, 0.3) is 10.9 Å². The van der Waals surface area contributed by atoms with Crippen molar-refractivity contribution < 1.29 is 19.4 Å². The lowest BCUT2D eigenvalue weighted by atomic mass is 9.86. The fraction of sp³-hybridized carbons (Fsp3) is 0.407. The van der Waals surface area contributed by atoms with Crippen molar-refractivity contribution in [3.05, 3.63) is 64.3 Å². The van der Waals surface area contributed by atoms with Crippen LogP contribution in [0.5, 0.6) is 5.75 Å². The van der Waals surface area contributed by atoms with Gasteiger partial charge >= 0.3 is 0 Å². The number of halogens is 1. The van der Waals surface area contributed by atoms with Gasteiger partial charge in [0.1, 0.15) is 11.8 Å². The Kier molecular flexibility index (Phi) is 6.11. The van der Waals surface area contributed by atoms with E-state index in [1.165, 1.54) is 0 Å². The van der Waals surface area contributed by atoms with Crippen molar-refractivity contribution in [2.75, 3.05) is 45.9 Å². The first-order chi connectivity index (χ1) is 17.5. The van der Waals surface area contributed by atoms with Gasteiger partial charge in [0.2, 0.25) is 11.8 Å². The van der Waals surface area contributed by atoms with E-state index in [4.69, 9.17) is 16.3 Å². The Morgan fingerprint density at radius 2 is 1.92 bits per heavy atom. The second kappa shape index (κ2) is 9.42. The number of benzene rings is 2. The van der Waals surface area contributed by atoms with Crippen molar-refractivity contribution in [1.82, 2.24) is 19.7 Å². The summed E-state index contributed by atoms with van der Waals surface area (Å²) in [6, 6.07) is 11.5. The van der Waals surface area contributed by atoms with E-state index < -0.39 is 12.1 Å². The molecule has 2 aromatic carbocycles. The van der Waals surface area contributed by atoms with Gasteiger partial charge in [-0.05, 0) is 47.9 Å². The molecule has 2 saturated heterocycles. The molecule has 0 aliphatic carbocycles. The predicted octanol–water partition coefficient (Wildman–Crippen LogP) is 2.93. The molecule has 0 saturated carbocycles. The molecule has 8 nitrogen and oxygen atoms in total. The largest absolute Gasteiger partial charge is 0.508 e. The summed E-state index contributed by atoms with van der Waals surface area (Å²) in [5.41, 5.74) is 3.55. The van der Waals surface area contributed by atoms with Gasteiger partial charge < -0.3 is 24.6 Å². The van der Waals surface area contributed by atoms with Gasteiger partial charge in [0.05, 0.1) is 25.8 Å². The molecule has 0 bridgehead atoms. The van der Waals surface area contributed by atoms with Crippen LogP contribution < -0.4 is 0 Å². The Balaban J connectivity index is 1.34. The lowest BCUT2D eigenvalue weighted by Gasteiger charge is -2.47. The second-order valence-electron chi connectivity index (χ2n) is 9.79. The number of rotatable bonds is 5. The Morgan fingerprint density at radius 3 is 2.72 bits per heavy atom. The molecule has 6 rings (SSSR count). The standard InChI is InChI=1S/C27H29ClN4O4/c28-18-5-6-22-20(14-18)21-15-23-27(35)31(8-2-7-30-9-11-36-12-10-30)16-24(34)32(23)26(25(21)29-22)17-3-1-4-19(33)13-17/h1,3-6,13-14,23,26,29,33H,2,7-12,15-16H2. The molecule has 0 spiro atoms. The van der Waals surface area contributed by atoms with Crippen LogP contribution in [0.3, 0.4) is 0 Å². The van der Waals surface area contributed by atoms with Gasteiger partial charge in [-0.15, -0.1) is 0 Å². The molecule has 2 N–H and O–H groups in total. The summed E-state index contributed by atoms with van der Waals surface area (Å²) in [7, 11) is 0. The maximum absolute atomic E-state index is 13.8. The first-order valence-electron chi connectivity index (χ1n) is 12.5. The molecule has 2 unspecified atom stereocenters. The predicted molar refractivity (Wildman–Crippen MR) is 136 cm³/mol. The number of aromatic nitrogens is 1. The van der Waals surface area contributed by atoms with Crippen LogP contribution in [0.4, 0.5) is 0 Å². The van der Waals surface area contributed by atoms with E-state index in [0.717, 1.165) is 67.0 Å². The normalized spacial score (nSPS) is 22.7. The third-order valence-electron chi connectivity index (χ3n) is 7.59. The van der Waals surface area contributed by atoms with E-state index in [-0.39, 0.29) is 24.1 Å². The van der Waals surface area contributed by atoms with Crippen molar-refractivity contribution in [3.8, 4) is 5.75 Å². The highest BCUT2D eigenvalue weighted by molar-refractivity contribution is 6.31. The number of hydrogen-bond acceptors (Lipinski definition) is 5. The Hall–Kier alpha value is -3.07. The molecule has 3 aliphatic rings. The highest BCUT2D eigenvalue weighted by Crippen LogP contribution is 2.43. The molecule has 2 atom stereocenters. The third-order valence-corrected chi connectivity index (χ3v) is 7.82. The Bertz CT molecular complexity index is 1320. The number of morpholine rings is 1. The van der Waals surface area contributed by atoms with Crippen LogP contribution in [-0.2, 0) is 20.7 Å². The van der Waals surface area contributed by atoms with E-state index in [2.05, 4.69) is 9.88 Å². The summed E-state index contributed by atoms with van der Waals surface area (Å²) in [5.74, 6) is 0.0151. The van der Waals surface area contributed by atoms with Gasteiger partial charge in [-0.2, -0.15) is 0 Å². The molecule has 3 aromatic rings. The summed E-state index contributed by atoms with van der Waals surface area (Å²) in [4.78, 5) is 36.6. The highest BCUT2D eigenvalue weighted by atomic mass is 35.5. The van der Waals surface area contributed by atoms with E-state index in [1.54, 1.807) is 28.0 Å². The van der Waals surface area contributed by atoms with E-state index in [9.17, 15) is 14.7 Å². The number of phenolic OH excluding ortho intramolecular Hbond substituents is 1. The number of nitrogens with one attached hydrogen (secondary N) is 1. The minimum atomic E-state index is -0.604. The molecule has 3 aliphatic heterocycles. The van der Waals surface area contributed by atoms with Gasteiger partial charge in [0.15, 0.2) is 0 Å². The molecule has 2 amide bonds. The molecular weight excluding hydrogens is 480 g/mol. The minimum absolute atomic E-state index is 0.0243. The third kappa shape index (κ3) is 4.13. The number of nitrogens with zero attached hydrogens (tertiary/aromatic N) is 3. The average molecular weight is 509 g/mol. The maximum atomic E-state index is 13.8. The van der Waals surface area contributed by atoms with Gasteiger partial charge in [-0.1, -0.05) is 23.7 Å². The Morgan fingerprint density at radius 1 is 1.08 bits per heavy atom. The summed E-state index contributed by atoms with van der Waals surface area (Å²) in [5, 5.41) is 11.8. The van der Waals surface area contributed by atoms with Gasteiger partial charge in [-0.25, -0.2) is 0 Å². The van der Waals surface area contributed by atoms with Gasteiger partial charge in [-0.3, -0.25) is 14.5 Å². The fourth-order valence-electron chi connectivity index (χ4n) is 5.88. The smallest absolute Gasteiger partial charge is 0.246 e. The lowest BCUT2D eigenvalue weighted by Crippen LogP contribution is -2.63. The number of piperazine rings is 1. The van der Waals surface area contributed by atoms with Crippen molar-refractivity contribution in [3.63, 3.8) is 0 Å². The average Bonchev–Trinajstić information content (AvgIpc) is 3.24. The van der Waals surface area contributed by atoms with E-state index in [0.29, 0.717) is 18.0 Å². The van der Waals surface area contributed by atoms with Crippen molar-refractivity contribution in [1.29, 1.82) is 0 Å². The topological polar surface area (TPSA) is 89.1 Å². The SMILES string of the molecule is O=C1C2Cc3c([nH]c4ccc(Cl)cc34)C(c3cccc(O)c3)N2C(=O)CN1CCCN1CCOCC1. The highest BCUT2D eigenvalue weighted by Gasteiger charge is 2.48. The first kappa shape index (κ1) is 23.3. The van der Waals surface area contributed by atoms with Gasteiger partial charge in [0.25, 0.3) is 0 Å². The van der Waals surface area contributed by atoms with Crippen LogP contribution >= 0.6 is 11.6 Å². The molecule has 36 heavy (non-hydrogen) atoms. The molecule has 4 heterocycles. The van der Waals surface area contributed by atoms with Crippen LogP contribution in [0, 0.1) is 0 Å². The lowest BCUT2D eigenvalue weighted by molar-refractivity contribution is -0.158. The zero-order valence-corrected chi connectivity index (χ0v) is 20.7. The van der Waals surface area contributed by atoms with Crippen molar-refractivity contribution >= 4 is 34.3 Å². The zero-order chi connectivity index (χ0) is 24.8. The maximum Gasteiger partial charge on any atom is 0.246 e. The number of amides is 2. The molecule has 9 heteroatoms. The number of carbonyl (C=O) groups excluding carboxylic acids is 2. The summed E-state index contributed by atoms with van der Waals surface area (Å²) >= 11 is 6.33. The molecule has 1 aromatic heterocycles. The number of aromatic amines is 1. The van der Waals surface area contributed by atoms with Crippen LogP contribution in [-0.4, -0.2) is 88.6 Å². The summed E-state index contributed by atoms with van der Waals surface area (Å²) in [6.45, 7) is 4.79. The molecule has 0 radical (unpaired) electrons. The molecular formula is C27H29ClN4O4.